The highest BCUT2D eigenvalue weighted by Gasteiger charge is 2.34. The summed E-state index contributed by atoms with van der Waals surface area (Å²) in [5.74, 6) is 0.0910. The van der Waals surface area contributed by atoms with Crippen LogP contribution in [0.5, 0.6) is 5.75 Å². The first-order valence-corrected chi connectivity index (χ1v) is 8.65. The molecule has 1 aliphatic carbocycles. The molecule has 3 rings (SSSR count). The van der Waals surface area contributed by atoms with Gasteiger partial charge >= 0.3 is 0 Å². The molecule has 0 heterocycles. The number of anilines is 1. The van der Waals surface area contributed by atoms with E-state index in [1.807, 2.05) is 24.3 Å². The fraction of sp³-hybridized carbons (Fsp3) is 0.316. The zero-order valence-corrected chi connectivity index (χ0v) is 14.8. The Balaban J connectivity index is 1.62. The Morgan fingerprint density at radius 1 is 1.28 bits per heavy atom. The number of hydrogen-bond acceptors (Lipinski definition) is 2. The van der Waals surface area contributed by atoms with E-state index in [9.17, 15) is 9.18 Å². The molecule has 1 fully saturated rings. The highest BCUT2D eigenvalue weighted by Crippen LogP contribution is 2.19. The quantitative estimate of drug-likeness (QED) is 0.794. The summed E-state index contributed by atoms with van der Waals surface area (Å²) in [5.41, 5.74) is 1.31. The van der Waals surface area contributed by atoms with E-state index in [0.29, 0.717) is 17.6 Å². The van der Waals surface area contributed by atoms with Crippen LogP contribution in [-0.4, -0.2) is 25.6 Å². The van der Waals surface area contributed by atoms with Crippen molar-refractivity contribution >= 4 is 23.2 Å². The molecule has 1 saturated carbocycles. The molecule has 132 valence electrons. The average Bonchev–Trinajstić information content (AvgIpc) is 3.42. The summed E-state index contributed by atoms with van der Waals surface area (Å²) in [6.07, 6.45) is 2.24. The Hall–Kier alpha value is -2.11. The Morgan fingerprint density at radius 2 is 2.00 bits per heavy atom. The summed E-state index contributed by atoms with van der Waals surface area (Å²) in [6, 6.07) is 12.6. The van der Waals surface area contributed by atoms with E-state index >= 15 is 0 Å². The molecule has 6 heteroatoms. The predicted molar refractivity (Wildman–Crippen MR) is 95.6 cm³/mol. The number of methoxy groups -OCH3 is 1. The van der Waals surface area contributed by atoms with Crippen molar-refractivity contribution in [2.75, 3.05) is 19.0 Å². The molecular weight excluding hydrogens is 343 g/mol. The van der Waals surface area contributed by atoms with Crippen LogP contribution in [0.1, 0.15) is 18.4 Å². The van der Waals surface area contributed by atoms with Crippen molar-refractivity contribution in [2.45, 2.75) is 25.4 Å². The molecule has 0 spiro atoms. The first kappa shape index (κ1) is 17.7. The maximum atomic E-state index is 13.8. The van der Waals surface area contributed by atoms with Gasteiger partial charge < -0.3 is 15.0 Å². The lowest BCUT2D eigenvalue weighted by atomic mass is 10.2. The van der Waals surface area contributed by atoms with E-state index in [1.165, 1.54) is 17.0 Å². The van der Waals surface area contributed by atoms with Crippen molar-refractivity contribution < 1.29 is 18.8 Å². The van der Waals surface area contributed by atoms with Gasteiger partial charge in [0.1, 0.15) is 18.1 Å². The molecule has 1 unspecified atom stereocenters. The lowest BCUT2D eigenvalue weighted by Gasteiger charge is -2.19. The molecule has 2 N–H and O–H groups in total. The maximum Gasteiger partial charge on any atom is 0.279 e. The number of carbonyl (C=O) groups is 1. The second-order valence-electron chi connectivity index (χ2n) is 6.31. The summed E-state index contributed by atoms with van der Waals surface area (Å²) in [7, 11) is 1.64. The fourth-order valence-corrected chi connectivity index (χ4v) is 3.00. The molecule has 2 aromatic carbocycles. The summed E-state index contributed by atoms with van der Waals surface area (Å²) >= 11 is 5.73. The zero-order valence-electron chi connectivity index (χ0n) is 14.0. The van der Waals surface area contributed by atoms with Crippen LogP contribution < -0.4 is 15.0 Å². The van der Waals surface area contributed by atoms with E-state index < -0.39 is 5.82 Å². The van der Waals surface area contributed by atoms with Crippen molar-refractivity contribution in [3.63, 3.8) is 0 Å². The molecule has 1 aliphatic rings. The van der Waals surface area contributed by atoms with Crippen LogP contribution in [0.25, 0.3) is 0 Å². The molecule has 0 bridgehead atoms. The summed E-state index contributed by atoms with van der Waals surface area (Å²) in [6.45, 7) is 1.06. The minimum Gasteiger partial charge on any atom is -0.497 e. The standard InChI is InChI=1S/C19H20ClFN2O2/c1-25-16-7-2-13(3-8-16)11-23(15-5-6-15)12-19(24)22-18-9-4-14(20)10-17(18)21/h2-4,7-10,15H,5-6,11-12H2,1H3,(H,22,24)/p+1. The van der Waals surface area contributed by atoms with Gasteiger partial charge in [0, 0.05) is 23.4 Å². The average molecular weight is 364 g/mol. The number of amides is 1. The van der Waals surface area contributed by atoms with Crippen LogP contribution >= 0.6 is 11.6 Å². The molecule has 2 aromatic rings. The first-order valence-electron chi connectivity index (χ1n) is 8.27. The molecule has 0 radical (unpaired) electrons. The van der Waals surface area contributed by atoms with Gasteiger partial charge in [-0.3, -0.25) is 4.79 Å². The highest BCUT2D eigenvalue weighted by molar-refractivity contribution is 6.30. The number of carbonyl (C=O) groups excluding carboxylic acids is 1. The molecule has 0 aromatic heterocycles. The van der Waals surface area contributed by atoms with E-state index in [1.54, 1.807) is 13.2 Å². The predicted octanol–water partition coefficient (Wildman–Crippen LogP) is 2.67. The van der Waals surface area contributed by atoms with E-state index in [2.05, 4.69) is 5.32 Å². The number of halogens is 2. The first-order chi connectivity index (χ1) is 12.0. The van der Waals surface area contributed by atoms with Crippen molar-refractivity contribution in [1.82, 2.24) is 0 Å². The van der Waals surface area contributed by atoms with Gasteiger partial charge in [0.25, 0.3) is 5.91 Å². The van der Waals surface area contributed by atoms with Gasteiger partial charge in [-0.15, -0.1) is 0 Å². The molecule has 0 saturated heterocycles. The second kappa shape index (κ2) is 7.85. The number of benzene rings is 2. The molecule has 0 aliphatic heterocycles. The van der Waals surface area contributed by atoms with Gasteiger partial charge in [-0.25, -0.2) is 4.39 Å². The summed E-state index contributed by atoms with van der Waals surface area (Å²) in [4.78, 5) is 13.5. The number of nitrogens with one attached hydrogen (secondary N) is 2. The largest absolute Gasteiger partial charge is 0.497 e. The van der Waals surface area contributed by atoms with Crippen molar-refractivity contribution in [3.05, 3.63) is 58.9 Å². The van der Waals surface area contributed by atoms with E-state index in [0.717, 1.165) is 30.7 Å². The smallest absolute Gasteiger partial charge is 0.279 e. The monoisotopic (exact) mass is 363 g/mol. The molecule has 1 atom stereocenters. The van der Waals surface area contributed by atoms with Gasteiger partial charge in [0.2, 0.25) is 0 Å². The fourth-order valence-electron chi connectivity index (χ4n) is 2.84. The molecule has 25 heavy (non-hydrogen) atoms. The molecule has 4 nitrogen and oxygen atoms in total. The Morgan fingerprint density at radius 3 is 2.60 bits per heavy atom. The minimum atomic E-state index is -0.524. The number of rotatable bonds is 7. The summed E-state index contributed by atoms with van der Waals surface area (Å²) in [5, 5.41) is 2.95. The SMILES string of the molecule is COc1ccc(C[NH+](CC(=O)Nc2ccc(Cl)cc2F)C2CC2)cc1. The Labute approximate surface area is 151 Å². The number of ether oxygens (including phenoxy) is 1. The third kappa shape index (κ3) is 4.94. The van der Waals surface area contributed by atoms with E-state index in [-0.39, 0.29) is 11.6 Å². The van der Waals surface area contributed by atoms with Crippen LogP contribution in [0.4, 0.5) is 10.1 Å². The minimum absolute atomic E-state index is 0.161. The van der Waals surface area contributed by atoms with Crippen LogP contribution in [0.2, 0.25) is 5.02 Å². The lowest BCUT2D eigenvalue weighted by Crippen LogP contribution is -3.13. The van der Waals surface area contributed by atoms with Crippen LogP contribution in [-0.2, 0) is 11.3 Å². The number of quaternary nitrogens is 1. The Bertz CT molecular complexity index is 748. The zero-order chi connectivity index (χ0) is 17.8. The molecule has 1 amide bonds. The maximum absolute atomic E-state index is 13.8. The third-order valence-corrected chi connectivity index (χ3v) is 4.57. The van der Waals surface area contributed by atoms with Gasteiger partial charge in [0.05, 0.1) is 18.8 Å². The van der Waals surface area contributed by atoms with E-state index in [4.69, 9.17) is 16.3 Å². The van der Waals surface area contributed by atoms with Gasteiger partial charge in [0.15, 0.2) is 6.54 Å². The van der Waals surface area contributed by atoms with Crippen LogP contribution in [0.3, 0.4) is 0 Å². The van der Waals surface area contributed by atoms with Crippen molar-refractivity contribution in [3.8, 4) is 5.75 Å². The van der Waals surface area contributed by atoms with Gasteiger partial charge in [-0.2, -0.15) is 0 Å². The number of hydrogen-bond donors (Lipinski definition) is 2. The van der Waals surface area contributed by atoms with Gasteiger partial charge in [-0.05, 0) is 42.5 Å². The van der Waals surface area contributed by atoms with Crippen LogP contribution in [0, 0.1) is 5.82 Å². The lowest BCUT2D eigenvalue weighted by molar-refractivity contribution is -0.916. The third-order valence-electron chi connectivity index (χ3n) is 4.34. The van der Waals surface area contributed by atoms with Crippen molar-refractivity contribution in [2.24, 2.45) is 0 Å². The van der Waals surface area contributed by atoms with Crippen LogP contribution in [0.15, 0.2) is 42.5 Å². The summed E-state index contributed by atoms with van der Waals surface area (Å²) < 4.78 is 19.0. The van der Waals surface area contributed by atoms with Crippen molar-refractivity contribution in [1.29, 1.82) is 0 Å². The second-order valence-corrected chi connectivity index (χ2v) is 6.74. The molecular formula is C19H21ClFN2O2+. The van der Waals surface area contributed by atoms with Gasteiger partial charge in [-0.1, -0.05) is 11.6 Å². The topological polar surface area (TPSA) is 42.8 Å². The Kier molecular flexibility index (Phi) is 5.56. The highest BCUT2D eigenvalue weighted by atomic mass is 35.5. The normalized spacial score (nSPS) is 14.8.